The smallest absolute Gasteiger partial charge is 0.356 e. The summed E-state index contributed by atoms with van der Waals surface area (Å²) in [6.07, 6.45) is 1.70. The Morgan fingerprint density at radius 1 is 1.17 bits per heavy atom. The highest BCUT2D eigenvalue weighted by molar-refractivity contribution is 5.96. The minimum Gasteiger partial charge on any atom is -0.466 e. The molecule has 8 heteroatoms. The number of methoxy groups -OCH3 is 1. The number of hydrogen-bond acceptors (Lipinski definition) is 6. The lowest BCUT2D eigenvalue weighted by molar-refractivity contribution is -0.182. The van der Waals surface area contributed by atoms with Crippen molar-refractivity contribution in [2.24, 2.45) is 0 Å². The maximum Gasteiger partial charge on any atom is 0.356 e. The summed E-state index contributed by atoms with van der Waals surface area (Å²) < 4.78 is 9.46. The van der Waals surface area contributed by atoms with Gasteiger partial charge in [0.15, 0.2) is 0 Å². The number of hydrogen-bond donors (Lipinski definition) is 2. The Kier molecular flexibility index (Phi) is 6.48. The standard InChI is InChI=1S/C16H18N2O5.C6H4O/c1-10(19)17-13-12(9-8-11-6-4-3-5-7-11)18(14(13)20)15(21)16(22)23-2;1-2-5-4-6(3-1)7-5/h3-9,12-13,15,21H,1-2H3,(H,17,19);1-4H. The molecule has 2 amide bonds. The van der Waals surface area contributed by atoms with Crippen molar-refractivity contribution in [2.75, 3.05) is 7.11 Å². The summed E-state index contributed by atoms with van der Waals surface area (Å²) in [5.41, 5.74) is 0.890. The van der Waals surface area contributed by atoms with E-state index in [4.69, 9.17) is 4.74 Å². The number of nitrogens with one attached hydrogen (secondary N) is 1. The lowest BCUT2D eigenvalue weighted by Crippen LogP contribution is -2.73. The maximum atomic E-state index is 12.1. The predicted octanol–water partition coefficient (Wildman–Crippen LogP) is 1.70. The van der Waals surface area contributed by atoms with E-state index in [1.54, 1.807) is 12.2 Å². The molecule has 5 rings (SSSR count). The lowest BCUT2D eigenvalue weighted by atomic mass is 9.93. The monoisotopic (exact) mass is 410 g/mol. The first-order valence-electron chi connectivity index (χ1n) is 9.27. The average Bonchev–Trinajstić information content (AvgIpc) is 2.75. The summed E-state index contributed by atoms with van der Waals surface area (Å²) >= 11 is 0. The van der Waals surface area contributed by atoms with Crippen LogP contribution in [0, 0.1) is 0 Å². The van der Waals surface area contributed by atoms with E-state index in [9.17, 15) is 19.5 Å². The fourth-order valence-corrected chi connectivity index (χ4v) is 3.06. The lowest BCUT2D eigenvalue weighted by Gasteiger charge is -2.46. The summed E-state index contributed by atoms with van der Waals surface area (Å²) in [6.45, 7) is 1.30. The van der Waals surface area contributed by atoms with Crippen LogP contribution in [0.5, 0.6) is 11.5 Å². The van der Waals surface area contributed by atoms with Crippen LogP contribution >= 0.6 is 0 Å². The van der Waals surface area contributed by atoms with E-state index in [1.807, 2.05) is 54.6 Å². The number of carbonyl (C=O) groups is 3. The molecule has 3 aliphatic rings. The molecule has 1 saturated heterocycles. The van der Waals surface area contributed by atoms with Gasteiger partial charge in [-0.1, -0.05) is 48.6 Å². The number of aliphatic hydroxyl groups is 1. The summed E-state index contributed by atoms with van der Waals surface area (Å²) in [6, 6.07) is 15.7. The molecule has 8 nitrogen and oxygen atoms in total. The molecular formula is C22H22N2O6. The fraction of sp³-hybridized carbons (Fsp3) is 0.227. The van der Waals surface area contributed by atoms with Gasteiger partial charge in [0.05, 0.1) is 13.2 Å². The number of likely N-dealkylation sites (tertiary alicyclic amines) is 1. The van der Waals surface area contributed by atoms with Crippen molar-refractivity contribution in [3.05, 3.63) is 66.2 Å². The number of aliphatic hydroxyl groups excluding tert-OH is 1. The molecule has 0 radical (unpaired) electrons. The first-order chi connectivity index (χ1) is 14.4. The van der Waals surface area contributed by atoms with Gasteiger partial charge in [-0.15, -0.1) is 0 Å². The first-order valence-corrected chi connectivity index (χ1v) is 9.27. The van der Waals surface area contributed by atoms with Crippen molar-refractivity contribution in [1.82, 2.24) is 10.2 Å². The van der Waals surface area contributed by atoms with Gasteiger partial charge in [-0.25, -0.2) is 4.79 Å². The number of ether oxygens (including phenoxy) is 2. The summed E-state index contributed by atoms with van der Waals surface area (Å²) in [5, 5.41) is 12.4. The highest BCUT2D eigenvalue weighted by atomic mass is 16.5. The molecule has 0 saturated carbocycles. The zero-order valence-electron chi connectivity index (χ0n) is 16.5. The first kappa shape index (κ1) is 21.1. The van der Waals surface area contributed by atoms with Gasteiger partial charge >= 0.3 is 5.97 Å². The zero-order valence-corrected chi connectivity index (χ0v) is 16.5. The van der Waals surface area contributed by atoms with E-state index in [0.29, 0.717) is 0 Å². The van der Waals surface area contributed by atoms with Crippen LogP contribution in [0.2, 0.25) is 0 Å². The number of fused-ring (bicyclic) bond motifs is 2. The number of carbonyl (C=O) groups excluding carboxylic acids is 3. The molecule has 3 unspecified atom stereocenters. The molecule has 3 heterocycles. The molecule has 2 aromatic rings. The fourth-order valence-electron chi connectivity index (χ4n) is 3.06. The maximum absolute atomic E-state index is 12.1. The number of nitrogens with zero attached hydrogens (tertiary/aromatic N) is 1. The van der Waals surface area contributed by atoms with E-state index in [0.717, 1.165) is 29.1 Å². The third-order valence-corrected chi connectivity index (χ3v) is 4.54. The highest BCUT2D eigenvalue weighted by Gasteiger charge is 2.51. The largest absolute Gasteiger partial charge is 0.466 e. The van der Waals surface area contributed by atoms with Gasteiger partial charge in [0, 0.05) is 13.0 Å². The number of benzene rings is 2. The zero-order chi connectivity index (χ0) is 21.7. The number of esters is 1. The summed E-state index contributed by atoms with van der Waals surface area (Å²) in [7, 11) is 1.12. The summed E-state index contributed by atoms with van der Waals surface area (Å²) in [5.74, 6) is 0.127. The molecule has 2 bridgehead atoms. The van der Waals surface area contributed by atoms with Gasteiger partial charge in [0.2, 0.25) is 12.1 Å². The second-order valence-electron chi connectivity index (χ2n) is 6.66. The van der Waals surface area contributed by atoms with Crippen molar-refractivity contribution in [3.8, 4) is 11.5 Å². The van der Waals surface area contributed by atoms with Gasteiger partial charge in [-0.05, 0) is 17.7 Å². The Hall–Kier alpha value is -3.65. The minimum absolute atomic E-state index is 0.367. The third-order valence-electron chi connectivity index (χ3n) is 4.54. The molecule has 30 heavy (non-hydrogen) atoms. The van der Waals surface area contributed by atoms with Crippen LogP contribution < -0.4 is 10.1 Å². The van der Waals surface area contributed by atoms with Crippen molar-refractivity contribution in [3.63, 3.8) is 0 Å². The van der Waals surface area contributed by atoms with Crippen LogP contribution in [0.15, 0.2) is 60.7 Å². The van der Waals surface area contributed by atoms with Crippen molar-refractivity contribution >= 4 is 23.9 Å². The van der Waals surface area contributed by atoms with Gasteiger partial charge in [0.25, 0.3) is 5.91 Å². The van der Waals surface area contributed by atoms with Crippen LogP contribution in [0.25, 0.3) is 6.08 Å². The Bertz CT molecular complexity index is 934. The number of amides is 2. The molecule has 1 fully saturated rings. The van der Waals surface area contributed by atoms with E-state index in [-0.39, 0.29) is 5.91 Å². The topological polar surface area (TPSA) is 105 Å². The van der Waals surface area contributed by atoms with E-state index in [1.165, 1.54) is 6.92 Å². The van der Waals surface area contributed by atoms with Crippen molar-refractivity contribution < 1.29 is 29.0 Å². The SMILES string of the molecule is COC(=O)C(O)N1C(=O)C(NC(C)=O)C1C=Cc1ccccc1.c1cc2cc(c1)O2. The van der Waals surface area contributed by atoms with Crippen LogP contribution in [0.3, 0.4) is 0 Å². The Morgan fingerprint density at radius 3 is 2.27 bits per heavy atom. The molecule has 2 aromatic carbocycles. The number of β-lactam (4-membered cyclic amide) rings is 1. The van der Waals surface area contributed by atoms with Crippen LogP contribution in [-0.4, -0.2) is 53.2 Å². The van der Waals surface area contributed by atoms with E-state index < -0.39 is 30.2 Å². The molecule has 0 aromatic heterocycles. The Labute approximate surface area is 173 Å². The van der Waals surface area contributed by atoms with Crippen LogP contribution in [0.1, 0.15) is 12.5 Å². The highest BCUT2D eigenvalue weighted by Crippen LogP contribution is 2.33. The Morgan fingerprint density at radius 2 is 1.80 bits per heavy atom. The average molecular weight is 410 g/mol. The molecule has 3 aliphatic heterocycles. The van der Waals surface area contributed by atoms with Gasteiger partial charge in [0.1, 0.15) is 17.5 Å². The quantitative estimate of drug-likeness (QED) is 0.490. The molecule has 0 aliphatic carbocycles. The second kappa shape index (κ2) is 9.23. The van der Waals surface area contributed by atoms with Gasteiger partial charge in [-0.3, -0.25) is 14.5 Å². The molecule has 2 N–H and O–H groups in total. The predicted molar refractivity (Wildman–Crippen MR) is 108 cm³/mol. The summed E-state index contributed by atoms with van der Waals surface area (Å²) in [4.78, 5) is 35.7. The minimum atomic E-state index is -1.71. The van der Waals surface area contributed by atoms with Gasteiger partial charge in [-0.2, -0.15) is 0 Å². The van der Waals surface area contributed by atoms with Crippen molar-refractivity contribution in [2.45, 2.75) is 25.2 Å². The molecule has 0 spiro atoms. The van der Waals surface area contributed by atoms with E-state index >= 15 is 0 Å². The number of rotatable bonds is 5. The Balaban J connectivity index is 0.000000302. The molecule has 156 valence electrons. The van der Waals surface area contributed by atoms with Crippen molar-refractivity contribution in [1.29, 1.82) is 0 Å². The van der Waals surface area contributed by atoms with E-state index in [2.05, 4.69) is 10.1 Å². The van der Waals surface area contributed by atoms with Gasteiger partial charge < -0.3 is 19.9 Å². The van der Waals surface area contributed by atoms with Crippen LogP contribution in [-0.2, 0) is 19.1 Å². The second-order valence-corrected chi connectivity index (χ2v) is 6.66. The molecular weight excluding hydrogens is 388 g/mol. The van der Waals surface area contributed by atoms with Crippen LogP contribution in [0.4, 0.5) is 0 Å². The normalized spacial score (nSPS) is 19.4. The third kappa shape index (κ3) is 4.66. The molecule has 3 atom stereocenters.